The number of amides is 1. The number of piperazine rings is 1. The fourth-order valence-electron chi connectivity index (χ4n) is 3.31. The lowest BCUT2D eigenvalue weighted by Crippen LogP contribution is -2.48. The van der Waals surface area contributed by atoms with Crippen molar-refractivity contribution in [3.05, 3.63) is 54.6 Å². The number of anilines is 1. The molecule has 1 aliphatic heterocycles. The van der Waals surface area contributed by atoms with E-state index in [0.29, 0.717) is 12.4 Å². The molecule has 3 aromatic rings. The average Bonchev–Trinajstić information content (AvgIpc) is 3.06. The number of hydrogen-bond donors (Lipinski definition) is 2. The SMILES string of the molecule is O=C(CN1CCN(Cc2cc3ccccc3[nH]2)CC1)Nc1cnccn1. The predicted molar refractivity (Wildman–Crippen MR) is 101 cm³/mol. The number of benzene rings is 1. The standard InChI is InChI=1S/C19H22N6O/c26-19(23-18-12-20-5-6-21-18)14-25-9-7-24(8-10-25)13-16-11-15-3-1-2-4-17(15)22-16/h1-6,11-12,22H,7-10,13-14H2,(H,21,23,26). The molecular formula is C19H22N6O. The lowest BCUT2D eigenvalue weighted by molar-refractivity contribution is -0.117. The molecule has 0 bridgehead atoms. The lowest BCUT2D eigenvalue weighted by Gasteiger charge is -2.33. The fourth-order valence-corrected chi connectivity index (χ4v) is 3.31. The molecule has 7 nitrogen and oxygen atoms in total. The van der Waals surface area contributed by atoms with Crippen LogP contribution in [0.4, 0.5) is 5.82 Å². The summed E-state index contributed by atoms with van der Waals surface area (Å²) < 4.78 is 0. The fraction of sp³-hybridized carbons (Fsp3) is 0.316. The summed E-state index contributed by atoms with van der Waals surface area (Å²) in [4.78, 5) is 28.2. The number of aromatic nitrogens is 3. The van der Waals surface area contributed by atoms with E-state index in [9.17, 15) is 4.79 Å². The molecule has 1 aromatic carbocycles. The Bertz CT molecular complexity index is 837. The minimum Gasteiger partial charge on any atom is -0.357 e. The van der Waals surface area contributed by atoms with Gasteiger partial charge in [0.1, 0.15) is 0 Å². The number of aromatic amines is 1. The van der Waals surface area contributed by atoms with Gasteiger partial charge in [-0.15, -0.1) is 0 Å². The smallest absolute Gasteiger partial charge is 0.239 e. The van der Waals surface area contributed by atoms with E-state index < -0.39 is 0 Å². The van der Waals surface area contributed by atoms with Crippen molar-refractivity contribution in [2.45, 2.75) is 6.54 Å². The van der Waals surface area contributed by atoms with Crippen LogP contribution in [0.25, 0.3) is 10.9 Å². The summed E-state index contributed by atoms with van der Waals surface area (Å²) in [5.41, 5.74) is 2.42. The zero-order chi connectivity index (χ0) is 17.8. The van der Waals surface area contributed by atoms with Gasteiger partial charge in [0.25, 0.3) is 0 Å². The second-order valence-corrected chi connectivity index (χ2v) is 6.57. The van der Waals surface area contributed by atoms with Crippen LogP contribution >= 0.6 is 0 Å². The molecule has 26 heavy (non-hydrogen) atoms. The van der Waals surface area contributed by atoms with Gasteiger partial charge in [0.2, 0.25) is 5.91 Å². The van der Waals surface area contributed by atoms with Gasteiger partial charge < -0.3 is 10.3 Å². The Labute approximate surface area is 152 Å². The minimum absolute atomic E-state index is 0.0467. The molecule has 0 spiro atoms. The van der Waals surface area contributed by atoms with Crippen molar-refractivity contribution in [3.8, 4) is 0 Å². The van der Waals surface area contributed by atoms with E-state index in [1.807, 2.05) is 6.07 Å². The third-order valence-electron chi connectivity index (χ3n) is 4.64. The minimum atomic E-state index is -0.0467. The number of carbonyl (C=O) groups is 1. The first kappa shape index (κ1) is 16.7. The Morgan fingerprint density at radius 2 is 1.92 bits per heavy atom. The molecule has 0 unspecified atom stereocenters. The first-order valence-corrected chi connectivity index (χ1v) is 8.83. The van der Waals surface area contributed by atoms with Crippen LogP contribution in [0, 0.1) is 0 Å². The molecule has 2 aromatic heterocycles. The zero-order valence-corrected chi connectivity index (χ0v) is 14.6. The first-order chi connectivity index (χ1) is 12.8. The largest absolute Gasteiger partial charge is 0.357 e. The van der Waals surface area contributed by atoms with Crippen molar-refractivity contribution in [1.29, 1.82) is 0 Å². The van der Waals surface area contributed by atoms with E-state index in [1.54, 1.807) is 18.6 Å². The third-order valence-corrected chi connectivity index (χ3v) is 4.64. The molecule has 0 saturated carbocycles. The summed E-state index contributed by atoms with van der Waals surface area (Å²) >= 11 is 0. The van der Waals surface area contributed by atoms with Crippen molar-refractivity contribution >= 4 is 22.6 Å². The summed E-state index contributed by atoms with van der Waals surface area (Å²) in [6, 6.07) is 10.6. The number of hydrogen-bond acceptors (Lipinski definition) is 5. The second kappa shape index (κ2) is 7.63. The molecule has 1 amide bonds. The van der Waals surface area contributed by atoms with Crippen molar-refractivity contribution in [2.75, 3.05) is 38.0 Å². The molecule has 3 heterocycles. The predicted octanol–water partition coefficient (Wildman–Crippen LogP) is 1.71. The van der Waals surface area contributed by atoms with Crippen LogP contribution in [-0.2, 0) is 11.3 Å². The first-order valence-electron chi connectivity index (χ1n) is 8.83. The lowest BCUT2D eigenvalue weighted by atomic mass is 10.2. The number of rotatable bonds is 5. The van der Waals surface area contributed by atoms with E-state index in [1.165, 1.54) is 16.6 Å². The summed E-state index contributed by atoms with van der Waals surface area (Å²) in [6.45, 7) is 4.97. The van der Waals surface area contributed by atoms with E-state index in [0.717, 1.165) is 32.7 Å². The van der Waals surface area contributed by atoms with Crippen LogP contribution < -0.4 is 5.32 Å². The number of carbonyl (C=O) groups excluding carboxylic acids is 1. The van der Waals surface area contributed by atoms with Gasteiger partial charge in [0.05, 0.1) is 12.7 Å². The Hall–Kier alpha value is -2.77. The summed E-state index contributed by atoms with van der Waals surface area (Å²) in [5, 5.41) is 4.03. The number of fused-ring (bicyclic) bond motifs is 1. The number of para-hydroxylation sites is 1. The van der Waals surface area contributed by atoms with E-state index in [-0.39, 0.29) is 5.91 Å². The van der Waals surface area contributed by atoms with Crippen LogP contribution in [0.1, 0.15) is 5.69 Å². The van der Waals surface area contributed by atoms with Crippen LogP contribution in [0.2, 0.25) is 0 Å². The maximum atomic E-state index is 12.1. The van der Waals surface area contributed by atoms with Crippen molar-refractivity contribution in [2.24, 2.45) is 0 Å². The highest BCUT2D eigenvalue weighted by Crippen LogP contribution is 2.16. The van der Waals surface area contributed by atoms with E-state index in [2.05, 4.69) is 54.3 Å². The van der Waals surface area contributed by atoms with Crippen LogP contribution in [0.3, 0.4) is 0 Å². The van der Waals surface area contributed by atoms with E-state index >= 15 is 0 Å². The van der Waals surface area contributed by atoms with Gasteiger partial charge in [-0.1, -0.05) is 18.2 Å². The van der Waals surface area contributed by atoms with Crippen LogP contribution in [-0.4, -0.2) is 63.4 Å². The monoisotopic (exact) mass is 350 g/mol. The van der Waals surface area contributed by atoms with Gasteiger partial charge in [0, 0.05) is 56.3 Å². The van der Waals surface area contributed by atoms with Crippen molar-refractivity contribution in [3.63, 3.8) is 0 Å². The highest BCUT2D eigenvalue weighted by atomic mass is 16.2. The van der Waals surface area contributed by atoms with Crippen LogP contribution in [0.5, 0.6) is 0 Å². The molecule has 1 saturated heterocycles. The number of nitrogens with zero attached hydrogens (tertiary/aromatic N) is 4. The molecule has 134 valence electrons. The molecule has 0 radical (unpaired) electrons. The highest BCUT2D eigenvalue weighted by Gasteiger charge is 2.19. The van der Waals surface area contributed by atoms with Gasteiger partial charge in [-0.05, 0) is 17.5 Å². The van der Waals surface area contributed by atoms with Crippen molar-refractivity contribution in [1.82, 2.24) is 24.8 Å². The maximum absolute atomic E-state index is 12.1. The van der Waals surface area contributed by atoms with Gasteiger partial charge in [-0.2, -0.15) is 0 Å². The van der Waals surface area contributed by atoms with Gasteiger partial charge in [-0.25, -0.2) is 4.98 Å². The van der Waals surface area contributed by atoms with Crippen molar-refractivity contribution < 1.29 is 4.79 Å². The summed E-state index contributed by atoms with van der Waals surface area (Å²) in [5.74, 6) is 0.449. The number of H-pyrrole nitrogens is 1. The second-order valence-electron chi connectivity index (χ2n) is 6.57. The van der Waals surface area contributed by atoms with E-state index in [4.69, 9.17) is 0 Å². The molecule has 1 fully saturated rings. The zero-order valence-electron chi connectivity index (χ0n) is 14.6. The Balaban J connectivity index is 1.25. The molecule has 4 rings (SSSR count). The molecule has 2 N–H and O–H groups in total. The maximum Gasteiger partial charge on any atom is 0.239 e. The van der Waals surface area contributed by atoms with Gasteiger partial charge in [-0.3, -0.25) is 19.6 Å². The van der Waals surface area contributed by atoms with Crippen LogP contribution in [0.15, 0.2) is 48.9 Å². The quantitative estimate of drug-likeness (QED) is 0.733. The highest BCUT2D eigenvalue weighted by molar-refractivity contribution is 5.91. The molecule has 7 heteroatoms. The Kier molecular flexibility index (Phi) is 4.90. The van der Waals surface area contributed by atoms with Gasteiger partial charge in [0.15, 0.2) is 5.82 Å². The molecule has 0 atom stereocenters. The average molecular weight is 350 g/mol. The Morgan fingerprint density at radius 1 is 1.12 bits per heavy atom. The van der Waals surface area contributed by atoms with Gasteiger partial charge >= 0.3 is 0 Å². The molecule has 1 aliphatic rings. The Morgan fingerprint density at radius 3 is 2.69 bits per heavy atom. The third kappa shape index (κ3) is 4.07. The number of nitrogens with one attached hydrogen (secondary N) is 2. The normalized spacial score (nSPS) is 16.0. The molecular weight excluding hydrogens is 328 g/mol. The summed E-state index contributed by atoms with van der Waals surface area (Å²) in [6.07, 6.45) is 4.70. The summed E-state index contributed by atoms with van der Waals surface area (Å²) in [7, 11) is 0. The molecule has 0 aliphatic carbocycles. The topological polar surface area (TPSA) is 77.2 Å².